The smallest absolute Gasteiger partial charge is 0.223 e. The molecule has 1 saturated carbocycles. The maximum absolute atomic E-state index is 5.78. The number of hydrogen-bond donors (Lipinski definition) is 2. The zero-order valence-electron chi connectivity index (χ0n) is 10.2. The van der Waals surface area contributed by atoms with Gasteiger partial charge in [0.15, 0.2) is 0 Å². The maximum atomic E-state index is 5.78. The van der Waals surface area contributed by atoms with E-state index in [1.807, 2.05) is 6.07 Å². The van der Waals surface area contributed by atoms with Crippen LogP contribution in [-0.2, 0) is 0 Å². The van der Waals surface area contributed by atoms with E-state index < -0.39 is 0 Å². The minimum Gasteiger partial charge on any atom is -0.368 e. The molecule has 3 rings (SSSR count). The summed E-state index contributed by atoms with van der Waals surface area (Å²) in [6.45, 7) is 3.31. The van der Waals surface area contributed by atoms with Gasteiger partial charge in [-0.15, -0.1) is 0 Å². The van der Waals surface area contributed by atoms with Gasteiger partial charge >= 0.3 is 0 Å². The third-order valence-electron chi connectivity index (χ3n) is 3.51. The van der Waals surface area contributed by atoms with Gasteiger partial charge < -0.3 is 16.0 Å². The minimum absolute atomic E-state index is 0.366. The molecule has 2 aliphatic rings. The molecule has 2 fully saturated rings. The van der Waals surface area contributed by atoms with Crippen LogP contribution in [0.15, 0.2) is 6.07 Å². The van der Waals surface area contributed by atoms with Crippen LogP contribution in [-0.4, -0.2) is 28.6 Å². The first kappa shape index (κ1) is 10.6. The third-order valence-corrected chi connectivity index (χ3v) is 3.51. The van der Waals surface area contributed by atoms with Crippen molar-refractivity contribution in [3.63, 3.8) is 0 Å². The minimum atomic E-state index is 0.366. The zero-order valence-corrected chi connectivity index (χ0v) is 10.2. The Labute approximate surface area is 101 Å². The quantitative estimate of drug-likeness (QED) is 0.830. The first-order valence-electron chi connectivity index (χ1n) is 6.40. The SMILES string of the molecule is CC1CCCN1c1cc(NC2CC2)nc(N)n1. The lowest BCUT2D eigenvalue weighted by Crippen LogP contribution is -2.27. The molecule has 1 aliphatic heterocycles. The van der Waals surface area contributed by atoms with Gasteiger partial charge in [0.05, 0.1) is 0 Å². The van der Waals surface area contributed by atoms with Crippen LogP contribution in [0.4, 0.5) is 17.6 Å². The van der Waals surface area contributed by atoms with Crippen LogP contribution in [0.1, 0.15) is 32.6 Å². The van der Waals surface area contributed by atoms with Gasteiger partial charge in [0.1, 0.15) is 11.6 Å². The zero-order chi connectivity index (χ0) is 11.8. The van der Waals surface area contributed by atoms with Gasteiger partial charge in [-0.3, -0.25) is 0 Å². The van der Waals surface area contributed by atoms with E-state index in [0.29, 0.717) is 18.0 Å². The second-order valence-electron chi connectivity index (χ2n) is 5.07. The van der Waals surface area contributed by atoms with E-state index in [1.54, 1.807) is 0 Å². The Bertz CT molecular complexity index is 415. The van der Waals surface area contributed by atoms with Gasteiger partial charge in [-0.25, -0.2) is 0 Å². The summed E-state index contributed by atoms with van der Waals surface area (Å²) < 4.78 is 0. The van der Waals surface area contributed by atoms with Crippen molar-refractivity contribution in [1.82, 2.24) is 9.97 Å². The molecule has 2 heterocycles. The van der Waals surface area contributed by atoms with Crippen LogP contribution < -0.4 is 16.0 Å². The van der Waals surface area contributed by atoms with Gasteiger partial charge in [-0.05, 0) is 32.6 Å². The number of nitrogens with zero attached hydrogens (tertiary/aromatic N) is 3. The molecular weight excluding hydrogens is 214 g/mol. The molecule has 1 unspecified atom stereocenters. The highest BCUT2D eigenvalue weighted by atomic mass is 15.3. The van der Waals surface area contributed by atoms with Crippen LogP contribution in [0.25, 0.3) is 0 Å². The predicted octanol–water partition coefficient (Wildman–Crippen LogP) is 1.62. The summed E-state index contributed by atoms with van der Waals surface area (Å²) in [6.07, 6.45) is 4.93. The van der Waals surface area contributed by atoms with E-state index in [2.05, 4.69) is 27.1 Å². The molecule has 0 aromatic carbocycles. The molecule has 5 heteroatoms. The summed E-state index contributed by atoms with van der Waals surface area (Å²) in [5, 5.41) is 3.38. The van der Waals surface area contributed by atoms with E-state index >= 15 is 0 Å². The summed E-state index contributed by atoms with van der Waals surface area (Å²) in [6, 6.07) is 3.17. The summed E-state index contributed by atoms with van der Waals surface area (Å²) in [5.41, 5.74) is 5.78. The fraction of sp³-hybridized carbons (Fsp3) is 0.667. The Balaban J connectivity index is 1.84. The highest BCUT2D eigenvalue weighted by molar-refractivity contribution is 5.54. The van der Waals surface area contributed by atoms with Crippen molar-refractivity contribution in [3.8, 4) is 0 Å². The van der Waals surface area contributed by atoms with Crippen molar-refractivity contribution in [1.29, 1.82) is 0 Å². The summed E-state index contributed by atoms with van der Waals surface area (Å²) >= 11 is 0. The molecule has 0 radical (unpaired) electrons. The van der Waals surface area contributed by atoms with Gasteiger partial charge in [0.25, 0.3) is 0 Å². The van der Waals surface area contributed by atoms with E-state index in [4.69, 9.17) is 5.73 Å². The van der Waals surface area contributed by atoms with E-state index in [1.165, 1.54) is 25.7 Å². The lowest BCUT2D eigenvalue weighted by Gasteiger charge is -2.23. The molecule has 1 saturated heterocycles. The predicted molar refractivity (Wildman–Crippen MR) is 69.1 cm³/mol. The largest absolute Gasteiger partial charge is 0.368 e. The third kappa shape index (κ3) is 2.28. The number of anilines is 3. The molecule has 92 valence electrons. The topological polar surface area (TPSA) is 67.1 Å². The van der Waals surface area contributed by atoms with Gasteiger partial charge in [0, 0.05) is 24.7 Å². The molecular formula is C12H19N5. The number of nitrogens with two attached hydrogens (primary N) is 1. The van der Waals surface area contributed by atoms with Crippen LogP contribution >= 0.6 is 0 Å². The summed E-state index contributed by atoms with van der Waals surface area (Å²) in [5.74, 6) is 2.20. The van der Waals surface area contributed by atoms with Crippen molar-refractivity contribution in [2.45, 2.75) is 44.7 Å². The second kappa shape index (κ2) is 4.05. The number of nitrogens with one attached hydrogen (secondary N) is 1. The monoisotopic (exact) mass is 233 g/mol. The van der Waals surface area contributed by atoms with E-state index in [0.717, 1.165) is 18.2 Å². The molecule has 1 atom stereocenters. The summed E-state index contributed by atoms with van der Waals surface area (Å²) in [4.78, 5) is 10.9. The Morgan fingerprint density at radius 3 is 2.82 bits per heavy atom. The van der Waals surface area contributed by atoms with Crippen LogP contribution in [0, 0.1) is 0 Å². The number of nitrogen functional groups attached to an aromatic ring is 1. The summed E-state index contributed by atoms with van der Waals surface area (Å²) in [7, 11) is 0. The maximum Gasteiger partial charge on any atom is 0.223 e. The van der Waals surface area contributed by atoms with Crippen LogP contribution in [0.2, 0.25) is 0 Å². The van der Waals surface area contributed by atoms with Crippen LogP contribution in [0.3, 0.4) is 0 Å². The standard InChI is InChI=1S/C12H19N5/c1-8-3-2-6-17(8)11-7-10(14-9-4-5-9)15-12(13)16-11/h7-9H,2-6H2,1H3,(H3,13,14,15,16). The second-order valence-corrected chi connectivity index (χ2v) is 5.07. The average molecular weight is 233 g/mol. The molecule has 1 aromatic rings. The van der Waals surface area contributed by atoms with Crippen molar-refractivity contribution >= 4 is 17.6 Å². The van der Waals surface area contributed by atoms with Crippen molar-refractivity contribution < 1.29 is 0 Å². The molecule has 3 N–H and O–H groups in total. The Kier molecular flexibility index (Phi) is 2.53. The fourth-order valence-electron chi connectivity index (χ4n) is 2.38. The molecule has 0 amide bonds. The Morgan fingerprint density at radius 1 is 1.35 bits per heavy atom. The van der Waals surface area contributed by atoms with E-state index in [-0.39, 0.29) is 0 Å². The van der Waals surface area contributed by atoms with Crippen molar-refractivity contribution in [2.24, 2.45) is 0 Å². The van der Waals surface area contributed by atoms with Gasteiger partial charge in [0.2, 0.25) is 5.95 Å². The van der Waals surface area contributed by atoms with E-state index in [9.17, 15) is 0 Å². The van der Waals surface area contributed by atoms with Gasteiger partial charge in [-0.2, -0.15) is 9.97 Å². The molecule has 5 nitrogen and oxygen atoms in total. The first-order chi connectivity index (χ1) is 8.22. The highest BCUT2D eigenvalue weighted by Gasteiger charge is 2.24. The molecule has 0 spiro atoms. The lowest BCUT2D eigenvalue weighted by molar-refractivity contribution is 0.727. The number of aromatic nitrogens is 2. The van der Waals surface area contributed by atoms with Crippen LogP contribution in [0.5, 0.6) is 0 Å². The number of hydrogen-bond acceptors (Lipinski definition) is 5. The highest BCUT2D eigenvalue weighted by Crippen LogP contribution is 2.28. The number of rotatable bonds is 3. The Hall–Kier alpha value is -1.52. The molecule has 17 heavy (non-hydrogen) atoms. The lowest BCUT2D eigenvalue weighted by atomic mass is 10.2. The fourth-order valence-corrected chi connectivity index (χ4v) is 2.38. The average Bonchev–Trinajstić information content (AvgIpc) is 2.97. The molecule has 1 aliphatic carbocycles. The normalized spacial score (nSPS) is 24.1. The first-order valence-corrected chi connectivity index (χ1v) is 6.40. The van der Waals surface area contributed by atoms with Gasteiger partial charge in [-0.1, -0.05) is 0 Å². The van der Waals surface area contributed by atoms with Crippen molar-refractivity contribution in [3.05, 3.63) is 6.07 Å². The Morgan fingerprint density at radius 2 is 2.18 bits per heavy atom. The molecule has 0 bridgehead atoms. The van der Waals surface area contributed by atoms with Crippen molar-refractivity contribution in [2.75, 3.05) is 22.5 Å². The molecule has 1 aromatic heterocycles.